The van der Waals surface area contributed by atoms with Crippen molar-refractivity contribution in [2.24, 2.45) is 23.1 Å². The molecule has 1 aromatic heterocycles. The largest absolute Gasteiger partial charge is 0.480 e. The minimum absolute atomic E-state index is 0.347. The summed E-state index contributed by atoms with van der Waals surface area (Å²) in [6, 6.07) is 5.07. The van der Waals surface area contributed by atoms with E-state index in [2.05, 4.69) is 4.98 Å². The summed E-state index contributed by atoms with van der Waals surface area (Å²) in [4.78, 5) is 33.7. The van der Waals surface area contributed by atoms with Crippen LogP contribution in [0, 0.1) is 5.92 Å². The van der Waals surface area contributed by atoms with Crippen molar-refractivity contribution in [1.29, 1.82) is 0 Å². The summed E-state index contributed by atoms with van der Waals surface area (Å²) >= 11 is 0. The van der Waals surface area contributed by atoms with Gasteiger partial charge in [-0.2, -0.15) is 0 Å². The molecule has 0 aliphatic rings. The van der Waals surface area contributed by atoms with Crippen LogP contribution in [0.2, 0.25) is 0 Å². The van der Waals surface area contributed by atoms with Gasteiger partial charge in [-0.3, -0.25) is 14.4 Å². The molecule has 0 radical (unpaired) electrons. The molecule has 0 spiro atoms. The number of hydrogen-bond donors (Lipinski definition) is 8. The smallest absolute Gasteiger partial charge is 0.323 e. The van der Waals surface area contributed by atoms with Gasteiger partial charge in [0.05, 0.1) is 6.10 Å². The van der Waals surface area contributed by atoms with Gasteiger partial charge in [0.2, 0.25) is 0 Å². The average Bonchev–Trinajstić information content (AvgIpc) is 3.10. The topological polar surface area (TPSA) is 226 Å². The average molecular weight is 455 g/mol. The fraction of sp³-hybridized carbons (Fsp3) is 0.476. The second kappa shape index (κ2) is 14.1. The highest BCUT2D eigenvalue weighted by Gasteiger charge is 2.16. The highest BCUT2D eigenvalue weighted by atomic mass is 16.4. The van der Waals surface area contributed by atoms with Gasteiger partial charge in [0.1, 0.15) is 18.1 Å². The number of aliphatic hydroxyl groups excluding tert-OH is 1. The summed E-state index contributed by atoms with van der Waals surface area (Å²) in [6.07, 6.45) is 1.73. The van der Waals surface area contributed by atoms with Crippen LogP contribution in [0.4, 0.5) is 0 Å². The summed E-state index contributed by atoms with van der Waals surface area (Å²) in [5, 5.41) is 34.6. The zero-order valence-electron chi connectivity index (χ0n) is 18.4. The number of fused-ring (bicyclic) bond motifs is 1. The van der Waals surface area contributed by atoms with Gasteiger partial charge in [-0.05, 0) is 30.9 Å². The van der Waals surface area contributed by atoms with Gasteiger partial charge >= 0.3 is 17.9 Å². The second-order valence-corrected chi connectivity index (χ2v) is 7.69. The van der Waals surface area contributed by atoms with Crippen molar-refractivity contribution >= 4 is 28.8 Å². The molecule has 1 aromatic carbocycles. The Hall–Kier alpha value is -2.99. The number of carboxylic acid groups (broad SMARTS) is 3. The predicted octanol–water partition coefficient (Wildman–Crippen LogP) is 0.346. The molecule has 32 heavy (non-hydrogen) atoms. The lowest BCUT2D eigenvalue weighted by molar-refractivity contribution is -0.141. The number of aliphatic carboxylic acids is 3. The number of benzene rings is 1. The summed E-state index contributed by atoms with van der Waals surface area (Å²) in [5.41, 5.74) is 17.6. The molecule has 2 rings (SSSR count). The van der Waals surface area contributed by atoms with Gasteiger partial charge in [0.25, 0.3) is 0 Å². The first kappa shape index (κ1) is 29.0. The molecule has 0 amide bonds. The van der Waals surface area contributed by atoms with E-state index in [1.807, 2.05) is 44.3 Å². The number of nitrogens with one attached hydrogen (secondary N) is 1. The molecule has 180 valence electrons. The molecule has 2 aromatic rings. The van der Waals surface area contributed by atoms with Gasteiger partial charge in [0, 0.05) is 23.5 Å². The van der Waals surface area contributed by atoms with Crippen LogP contribution in [0.1, 0.15) is 32.8 Å². The van der Waals surface area contributed by atoms with Crippen LogP contribution in [-0.4, -0.2) is 67.5 Å². The molecule has 4 atom stereocenters. The number of aromatic nitrogens is 1. The maximum atomic E-state index is 10.6. The van der Waals surface area contributed by atoms with Crippen LogP contribution in [0.15, 0.2) is 30.5 Å². The van der Waals surface area contributed by atoms with Crippen molar-refractivity contribution in [3.05, 3.63) is 36.0 Å². The second-order valence-electron chi connectivity index (χ2n) is 7.69. The van der Waals surface area contributed by atoms with E-state index in [9.17, 15) is 14.4 Å². The van der Waals surface area contributed by atoms with Gasteiger partial charge in [0.15, 0.2) is 0 Å². The minimum Gasteiger partial charge on any atom is -0.480 e. The lowest BCUT2D eigenvalue weighted by atomic mass is 10.1. The van der Waals surface area contributed by atoms with E-state index in [0.29, 0.717) is 18.8 Å². The number of nitrogens with two attached hydrogens (primary N) is 3. The van der Waals surface area contributed by atoms with Gasteiger partial charge in [-0.25, -0.2) is 0 Å². The first-order chi connectivity index (χ1) is 14.8. The van der Waals surface area contributed by atoms with Crippen LogP contribution in [0.3, 0.4) is 0 Å². The number of carbonyl (C=O) groups is 3. The van der Waals surface area contributed by atoms with Crippen LogP contribution in [0.25, 0.3) is 10.9 Å². The first-order valence-electron chi connectivity index (χ1n) is 9.96. The molecule has 1 heterocycles. The number of hydrogen-bond acceptors (Lipinski definition) is 7. The van der Waals surface area contributed by atoms with Crippen molar-refractivity contribution in [3.8, 4) is 0 Å². The van der Waals surface area contributed by atoms with Crippen molar-refractivity contribution in [2.75, 3.05) is 0 Å². The highest BCUT2D eigenvalue weighted by molar-refractivity contribution is 5.84. The molecule has 0 saturated carbocycles. The van der Waals surface area contributed by atoms with Crippen molar-refractivity contribution in [3.63, 3.8) is 0 Å². The Labute approximate surface area is 186 Å². The van der Waals surface area contributed by atoms with Gasteiger partial charge in [-0.15, -0.1) is 0 Å². The lowest BCUT2D eigenvalue weighted by Gasteiger charge is -2.07. The first-order valence-corrected chi connectivity index (χ1v) is 9.96. The van der Waals surface area contributed by atoms with Crippen LogP contribution < -0.4 is 17.2 Å². The molecule has 0 fully saturated rings. The molecular formula is C21H34N4O7. The zero-order valence-corrected chi connectivity index (χ0v) is 18.4. The quantitative estimate of drug-likeness (QED) is 0.273. The Bertz CT molecular complexity index is 867. The third-order valence-corrected chi connectivity index (χ3v) is 4.28. The fourth-order valence-corrected chi connectivity index (χ4v) is 2.44. The van der Waals surface area contributed by atoms with E-state index in [4.69, 9.17) is 37.6 Å². The number of rotatable bonds is 8. The summed E-state index contributed by atoms with van der Waals surface area (Å²) in [7, 11) is 0. The zero-order chi connectivity index (χ0) is 25.0. The Morgan fingerprint density at radius 2 is 1.44 bits per heavy atom. The van der Waals surface area contributed by atoms with E-state index >= 15 is 0 Å². The number of aromatic amines is 1. The third kappa shape index (κ3) is 10.9. The van der Waals surface area contributed by atoms with Crippen molar-refractivity contribution in [2.45, 2.75) is 57.8 Å². The van der Waals surface area contributed by atoms with E-state index in [-0.39, 0.29) is 0 Å². The fourth-order valence-electron chi connectivity index (χ4n) is 2.44. The molecule has 11 nitrogen and oxygen atoms in total. The normalized spacial score (nSPS) is 14.2. The Morgan fingerprint density at radius 3 is 1.81 bits per heavy atom. The maximum absolute atomic E-state index is 10.6. The maximum Gasteiger partial charge on any atom is 0.323 e. The summed E-state index contributed by atoms with van der Waals surface area (Å²) < 4.78 is 0. The van der Waals surface area contributed by atoms with Crippen LogP contribution in [-0.2, 0) is 20.8 Å². The van der Waals surface area contributed by atoms with Crippen LogP contribution >= 0.6 is 0 Å². The van der Waals surface area contributed by atoms with E-state index in [1.54, 1.807) is 0 Å². The molecule has 0 aliphatic carbocycles. The highest BCUT2D eigenvalue weighted by Crippen LogP contribution is 2.18. The van der Waals surface area contributed by atoms with Crippen LogP contribution in [0.5, 0.6) is 0 Å². The van der Waals surface area contributed by atoms with Gasteiger partial charge in [-0.1, -0.05) is 32.0 Å². The summed E-state index contributed by atoms with van der Waals surface area (Å²) in [6.45, 7) is 5.23. The SMILES string of the molecule is CC(C)CC(N)C(=O)O.CC(O)C(N)C(=O)O.NC(Cc1c[nH]c2ccccc12)C(=O)O. The lowest BCUT2D eigenvalue weighted by Crippen LogP contribution is -2.39. The van der Waals surface area contributed by atoms with E-state index < -0.39 is 42.1 Å². The Balaban J connectivity index is 0.000000490. The third-order valence-electron chi connectivity index (χ3n) is 4.28. The number of carboxylic acids is 3. The molecule has 0 saturated heterocycles. The molecule has 11 N–H and O–H groups in total. The molecule has 0 aliphatic heterocycles. The Morgan fingerprint density at radius 1 is 0.906 bits per heavy atom. The van der Waals surface area contributed by atoms with Crippen molar-refractivity contribution in [1.82, 2.24) is 4.98 Å². The van der Waals surface area contributed by atoms with Gasteiger partial charge < -0.3 is 42.6 Å². The number of H-pyrrole nitrogens is 1. The standard InChI is InChI=1S/C11H12N2O2.C6H13NO2.C4H9NO3/c12-9(11(14)15)5-7-6-13-10-4-2-1-3-8(7)10;1-4(2)3-5(7)6(8)9;1-2(6)3(5)4(7)8/h1-4,6,9,13H,5,12H2,(H,14,15);4-5H,3,7H2,1-2H3,(H,8,9);2-3,6H,5H2,1H3,(H,7,8). The molecular weight excluding hydrogens is 420 g/mol. The molecule has 11 heteroatoms. The number of aliphatic hydroxyl groups is 1. The molecule has 0 bridgehead atoms. The monoisotopic (exact) mass is 454 g/mol. The molecule has 4 unspecified atom stereocenters. The minimum atomic E-state index is -1.18. The van der Waals surface area contributed by atoms with E-state index in [1.165, 1.54) is 6.92 Å². The number of para-hydroxylation sites is 1. The van der Waals surface area contributed by atoms with Crippen molar-refractivity contribution < 1.29 is 34.8 Å². The Kier molecular flexibility index (Phi) is 12.8. The summed E-state index contributed by atoms with van der Waals surface area (Å²) in [5.74, 6) is -2.71. The van der Waals surface area contributed by atoms with E-state index in [0.717, 1.165) is 16.5 Å². The predicted molar refractivity (Wildman–Crippen MR) is 120 cm³/mol.